The first-order valence-electron chi connectivity index (χ1n) is 5.10. The van der Waals surface area contributed by atoms with Gasteiger partial charge in [0.15, 0.2) is 0 Å². The largest absolute Gasteiger partial charge is 0.272 e. The maximum Gasteiger partial charge on any atom is 0.272 e. The SMILES string of the molecule is O=C(N/N=C/c1ccc(Br)s1)c1ccc(Cl)cc1Cl. The summed E-state index contributed by atoms with van der Waals surface area (Å²) in [5, 5.41) is 4.64. The van der Waals surface area contributed by atoms with Gasteiger partial charge in [0, 0.05) is 9.90 Å². The van der Waals surface area contributed by atoms with E-state index < -0.39 is 0 Å². The molecular weight excluding hydrogens is 371 g/mol. The van der Waals surface area contributed by atoms with E-state index in [-0.39, 0.29) is 5.91 Å². The number of hydrogen-bond acceptors (Lipinski definition) is 3. The van der Waals surface area contributed by atoms with Crippen molar-refractivity contribution in [2.75, 3.05) is 0 Å². The van der Waals surface area contributed by atoms with Crippen LogP contribution < -0.4 is 5.43 Å². The summed E-state index contributed by atoms with van der Waals surface area (Å²) in [4.78, 5) is 12.7. The van der Waals surface area contributed by atoms with Gasteiger partial charge in [0.2, 0.25) is 0 Å². The molecular formula is C12H7BrCl2N2OS. The Bertz CT molecular complexity index is 642. The molecule has 0 aliphatic rings. The van der Waals surface area contributed by atoms with Crippen LogP contribution in [0.25, 0.3) is 0 Å². The van der Waals surface area contributed by atoms with Crippen molar-refractivity contribution >= 4 is 62.6 Å². The fourth-order valence-electron chi connectivity index (χ4n) is 1.29. The molecule has 0 unspecified atom stereocenters. The molecule has 19 heavy (non-hydrogen) atoms. The summed E-state index contributed by atoms with van der Waals surface area (Å²) in [6.45, 7) is 0. The van der Waals surface area contributed by atoms with Gasteiger partial charge in [-0.2, -0.15) is 5.10 Å². The van der Waals surface area contributed by atoms with Crippen LogP contribution in [0.15, 0.2) is 39.2 Å². The van der Waals surface area contributed by atoms with Gasteiger partial charge in [-0.05, 0) is 46.3 Å². The van der Waals surface area contributed by atoms with E-state index in [9.17, 15) is 4.79 Å². The van der Waals surface area contributed by atoms with E-state index >= 15 is 0 Å². The molecule has 0 atom stereocenters. The van der Waals surface area contributed by atoms with Gasteiger partial charge in [-0.1, -0.05) is 23.2 Å². The normalized spacial score (nSPS) is 10.9. The number of hydrazone groups is 1. The van der Waals surface area contributed by atoms with Crippen LogP contribution in [0.1, 0.15) is 15.2 Å². The van der Waals surface area contributed by atoms with Crippen molar-refractivity contribution in [3.8, 4) is 0 Å². The summed E-state index contributed by atoms with van der Waals surface area (Å²) >= 11 is 16.5. The molecule has 1 heterocycles. The molecule has 1 amide bonds. The fraction of sp³-hybridized carbons (Fsp3) is 0. The van der Waals surface area contributed by atoms with Crippen LogP contribution in [0.4, 0.5) is 0 Å². The number of thiophene rings is 1. The smallest absolute Gasteiger partial charge is 0.267 e. The Morgan fingerprint density at radius 3 is 2.74 bits per heavy atom. The molecule has 1 aromatic heterocycles. The van der Waals surface area contributed by atoms with E-state index in [1.807, 2.05) is 12.1 Å². The minimum Gasteiger partial charge on any atom is -0.267 e. The second-order valence-electron chi connectivity index (χ2n) is 3.47. The molecule has 2 rings (SSSR count). The Labute approximate surface area is 132 Å². The zero-order chi connectivity index (χ0) is 13.8. The van der Waals surface area contributed by atoms with E-state index in [2.05, 4.69) is 26.5 Å². The number of nitrogens with one attached hydrogen (secondary N) is 1. The Kier molecular flexibility index (Phi) is 4.99. The van der Waals surface area contributed by atoms with Crippen molar-refractivity contribution in [3.05, 3.63) is 54.6 Å². The summed E-state index contributed by atoms with van der Waals surface area (Å²) in [6, 6.07) is 8.46. The van der Waals surface area contributed by atoms with Crippen LogP contribution in [0, 0.1) is 0 Å². The first kappa shape index (κ1) is 14.5. The van der Waals surface area contributed by atoms with E-state index in [4.69, 9.17) is 23.2 Å². The molecule has 98 valence electrons. The van der Waals surface area contributed by atoms with Crippen molar-refractivity contribution in [3.63, 3.8) is 0 Å². The van der Waals surface area contributed by atoms with Crippen LogP contribution in [-0.2, 0) is 0 Å². The summed E-state index contributed by atoms with van der Waals surface area (Å²) in [5.41, 5.74) is 2.74. The number of nitrogens with zero attached hydrogens (tertiary/aromatic N) is 1. The number of carbonyl (C=O) groups is 1. The number of hydrogen-bond donors (Lipinski definition) is 1. The van der Waals surface area contributed by atoms with E-state index in [1.54, 1.807) is 18.3 Å². The average Bonchev–Trinajstić information content (AvgIpc) is 2.75. The lowest BCUT2D eigenvalue weighted by molar-refractivity contribution is 0.0955. The van der Waals surface area contributed by atoms with E-state index in [0.29, 0.717) is 15.6 Å². The van der Waals surface area contributed by atoms with Crippen molar-refractivity contribution < 1.29 is 4.79 Å². The quantitative estimate of drug-likeness (QED) is 0.617. The van der Waals surface area contributed by atoms with Crippen LogP contribution in [-0.4, -0.2) is 12.1 Å². The maximum absolute atomic E-state index is 11.8. The highest BCUT2D eigenvalue weighted by Gasteiger charge is 2.09. The van der Waals surface area contributed by atoms with Crippen LogP contribution in [0.5, 0.6) is 0 Å². The first-order valence-corrected chi connectivity index (χ1v) is 7.46. The maximum atomic E-state index is 11.8. The van der Waals surface area contributed by atoms with Crippen LogP contribution in [0.2, 0.25) is 10.0 Å². The molecule has 2 aromatic rings. The van der Waals surface area contributed by atoms with Gasteiger partial charge in [0.25, 0.3) is 5.91 Å². The number of rotatable bonds is 3. The zero-order valence-corrected chi connectivity index (χ0v) is 13.3. The molecule has 7 heteroatoms. The third-order valence-electron chi connectivity index (χ3n) is 2.13. The fourth-order valence-corrected chi connectivity index (χ4v) is 3.08. The summed E-state index contributed by atoms with van der Waals surface area (Å²) in [7, 11) is 0. The highest BCUT2D eigenvalue weighted by atomic mass is 79.9. The molecule has 0 saturated heterocycles. The molecule has 0 spiro atoms. The monoisotopic (exact) mass is 376 g/mol. The second kappa shape index (κ2) is 6.52. The Morgan fingerprint density at radius 2 is 2.11 bits per heavy atom. The number of benzene rings is 1. The molecule has 0 bridgehead atoms. The Morgan fingerprint density at radius 1 is 1.32 bits per heavy atom. The number of carbonyl (C=O) groups excluding carboxylic acids is 1. The zero-order valence-electron chi connectivity index (χ0n) is 9.36. The predicted molar refractivity (Wildman–Crippen MR) is 83.5 cm³/mol. The summed E-state index contributed by atoms with van der Waals surface area (Å²) in [5.74, 6) is -0.381. The molecule has 1 N–H and O–H groups in total. The lowest BCUT2D eigenvalue weighted by Gasteiger charge is -2.02. The lowest BCUT2D eigenvalue weighted by atomic mass is 10.2. The van der Waals surface area contributed by atoms with Gasteiger partial charge in [-0.25, -0.2) is 5.43 Å². The summed E-state index contributed by atoms with van der Waals surface area (Å²) in [6.07, 6.45) is 1.57. The van der Waals surface area contributed by atoms with Gasteiger partial charge >= 0.3 is 0 Å². The predicted octanol–water partition coefficient (Wildman–Crippen LogP) is 4.58. The van der Waals surface area contributed by atoms with Crippen LogP contribution >= 0.6 is 50.5 Å². The highest BCUT2D eigenvalue weighted by molar-refractivity contribution is 9.11. The number of halogens is 3. The van der Waals surface area contributed by atoms with Gasteiger partial charge in [-0.15, -0.1) is 11.3 Å². The average molecular weight is 378 g/mol. The minimum absolute atomic E-state index is 0.291. The third-order valence-corrected chi connectivity index (χ3v) is 4.23. The van der Waals surface area contributed by atoms with E-state index in [0.717, 1.165) is 8.66 Å². The molecule has 0 fully saturated rings. The van der Waals surface area contributed by atoms with Gasteiger partial charge in [0.05, 0.1) is 20.6 Å². The topological polar surface area (TPSA) is 41.5 Å². The molecule has 1 aromatic carbocycles. The van der Waals surface area contributed by atoms with Gasteiger partial charge < -0.3 is 0 Å². The van der Waals surface area contributed by atoms with Crippen molar-refractivity contribution in [1.82, 2.24) is 5.43 Å². The minimum atomic E-state index is -0.381. The molecule has 0 saturated carbocycles. The van der Waals surface area contributed by atoms with Gasteiger partial charge in [0.1, 0.15) is 0 Å². The van der Waals surface area contributed by atoms with Crippen LogP contribution in [0.3, 0.4) is 0 Å². The van der Waals surface area contributed by atoms with E-state index in [1.165, 1.54) is 17.4 Å². The molecule has 0 radical (unpaired) electrons. The standard InChI is InChI=1S/C12H7BrCl2N2OS/c13-11-4-2-8(19-11)6-16-17-12(18)9-3-1-7(14)5-10(9)15/h1-6H,(H,17,18)/b16-6+. The molecule has 3 nitrogen and oxygen atoms in total. The first-order chi connectivity index (χ1) is 9.06. The number of amides is 1. The molecule has 0 aliphatic carbocycles. The summed E-state index contributed by atoms with van der Waals surface area (Å²) < 4.78 is 1.00. The third kappa shape index (κ3) is 4.04. The lowest BCUT2D eigenvalue weighted by Crippen LogP contribution is -2.17. The van der Waals surface area contributed by atoms with Crippen molar-refractivity contribution in [1.29, 1.82) is 0 Å². The second-order valence-corrected chi connectivity index (χ2v) is 6.80. The van der Waals surface area contributed by atoms with Crippen molar-refractivity contribution in [2.24, 2.45) is 5.10 Å². The highest BCUT2D eigenvalue weighted by Crippen LogP contribution is 2.21. The Balaban J connectivity index is 2.03. The van der Waals surface area contributed by atoms with Crippen molar-refractivity contribution in [2.45, 2.75) is 0 Å². The molecule has 0 aliphatic heterocycles. The van der Waals surface area contributed by atoms with Gasteiger partial charge in [-0.3, -0.25) is 4.79 Å². The Hall–Kier alpha value is -0.880.